The highest BCUT2D eigenvalue weighted by Gasteiger charge is 2.18. The van der Waals surface area contributed by atoms with Crippen LogP contribution in [0.5, 0.6) is 0 Å². The third-order valence-electron chi connectivity index (χ3n) is 2.96. The minimum atomic E-state index is -4.34. The molecule has 0 radical (unpaired) electrons. The maximum absolute atomic E-state index is 11.5. The van der Waals surface area contributed by atoms with Crippen molar-refractivity contribution >= 4 is 26.6 Å². The lowest BCUT2D eigenvalue weighted by atomic mass is 10.0. The van der Waals surface area contributed by atoms with Crippen LogP contribution in [0.15, 0.2) is 35.2 Å². The Bertz CT molecular complexity index is 711. The Morgan fingerprint density at radius 2 is 1.95 bits per heavy atom. The van der Waals surface area contributed by atoms with Crippen molar-refractivity contribution in [3.05, 3.63) is 35.9 Å². The van der Waals surface area contributed by atoms with Crippen LogP contribution in [-0.2, 0) is 16.7 Å². The quantitative estimate of drug-likeness (QED) is 0.586. The summed E-state index contributed by atoms with van der Waals surface area (Å²) >= 11 is 0. The van der Waals surface area contributed by atoms with Gasteiger partial charge in [0.15, 0.2) is 0 Å². The van der Waals surface area contributed by atoms with Crippen molar-refractivity contribution in [2.24, 2.45) is 0 Å². The highest BCUT2D eigenvalue weighted by molar-refractivity contribution is 7.86. The molecule has 102 valence electrons. The summed E-state index contributed by atoms with van der Waals surface area (Å²) in [5.74, 6) is 0. The molecular weight excluding hydrogens is 264 g/mol. The van der Waals surface area contributed by atoms with Gasteiger partial charge in [-0.05, 0) is 23.6 Å². The average Bonchev–Trinajstić information content (AvgIpc) is 2.34. The SMILES string of the molecule is CCNCc1cccc2c(S(=O)(=O)O)c(N)ccc12. The molecule has 0 saturated heterocycles. The molecule has 19 heavy (non-hydrogen) atoms. The summed E-state index contributed by atoms with van der Waals surface area (Å²) in [7, 11) is -4.34. The van der Waals surface area contributed by atoms with E-state index in [4.69, 9.17) is 5.73 Å². The molecule has 6 heteroatoms. The van der Waals surface area contributed by atoms with Crippen LogP contribution in [0.3, 0.4) is 0 Å². The zero-order chi connectivity index (χ0) is 14.0. The highest BCUT2D eigenvalue weighted by atomic mass is 32.2. The molecule has 0 unspecified atom stereocenters. The van der Waals surface area contributed by atoms with Crippen LogP contribution in [-0.4, -0.2) is 19.5 Å². The molecule has 0 fully saturated rings. The van der Waals surface area contributed by atoms with E-state index in [1.165, 1.54) is 6.07 Å². The standard InChI is InChI=1S/C13H16N2O3S/c1-2-15-8-9-4-3-5-11-10(9)6-7-12(14)13(11)19(16,17)18/h3-7,15H,2,8,14H2,1H3,(H,16,17,18). The van der Waals surface area contributed by atoms with E-state index in [-0.39, 0.29) is 10.6 Å². The van der Waals surface area contributed by atoms with Gasteiger partial charge in [-0.25, -0.2) is 0 Å². The smallest absolute Gasteiger partial charge is 0.297 e. The van der Waals surface area contributed by atoms with E-state index in [1.54, 1.807) is 18.2 Å². The molecule has 0 amide bonds. The number of hydrogen-bond acceptors (Lipinski definition) is 4. The number of rotatable bonds is 4. The monoisotopic (exact) mass is 280 g/mol. The summed E-state index contributed by atoms with van der Waals surface area (Å²) in [5, 5.41) is 4.40. The van der Waals surface area contributed by atoms with Gasteiger partial charge in [0, 0.05) is 11.9 Å². The largest absolute Gasteiger partial charge is 0.398 e. The lowest BCUT2D eigenvalue weighted by molar-refractivity contribution is 0.484. The van der Waals surface area contributed by atoms with Gasteiger partial charge in [0.05, 0.1) is 5.69 Å². The van der Waals surface area contributed by atoms with Crippen molar-refractivity contribution in [3.63, 3.8) is 0 Å². The van der Waals surface area contributed by atoms with Crippen molar-refractivity contribution in [2.45, 2.75) is 18.4 Å². The predicted octanol–water partition coefficient (Wildman–Crippen LogP) is 1.78. The van der Waals surface area contributed by atoms with Crippen LogP contribution in [0.4, 0.5) is 5.69 Å². The van der Waals surface area contributed by atoms with E-state index >= 15 is 0 Å². The highest BCUT2D eigenvalue weighted by Crippen LogP contribution is 2.30. The first kappa shape index (κ1) is 13.8. The van der Waals surface area contributed by atoms with Crippen LogP contribution in [0.2, 0.25) is 0 Å². The van der Waals surface area contributed by atoms with Gasteiger partial charge in [0.1, 0.15) is 4.90 Å². The van der Waals surface area contributed by atoms with E-state index in [0.29, 0.717) is 11.9 Å². The van der Waals surface area contributed by atoms with E-state index in [1.807, 2.05) is 13.0 Å². The average molecular weight is 280 g/mol. The van der Waals surface area contributed by atoms with Gasteiger partial charge in [-0.2, -0.15) is 8.42 Å². The van der Waals surface area contributed by atoms with Gasteiger partial charge in [-0.3, -0.25) is 4.55 Å². The molecular formula is C13H16N2O3S. The summed E-state index contributed by atoms with van der Waals surface area (Å²) < 4.78 is 32.2. The van der Waals surface area contributed by atoms with E-state index in [9.17, 15) is 13.0 Å². The normalized spacial score (nSPS) is 11.9. The van der Waals surface area contributed by atoms with Gasteiger partial charge in [-0.1, -0.05) is 31.2 Å². The van der Waals surface area contributed by atoms with Gasteiger partial charge in [0.25, 0.3) is 10.1 Å². The molecule has 0 heterocycles. The maximum Gasteiger partial charge on any atom is 0.297 e. The fraction of sp³-hybridized carbons (Fsp3) is 0.231. The second kappa shape index (κ2) is 5.16. The predicted molar refractivity (Wildman–Crippen MR) is 75.6 cm³/mol. The van der Waals surface area contributed by atoms with Crippen molar-refractivity contribution in [1.82, 2.24) is 5.32 Å². The molecule has 4 N–H and O–H groups in total. The fourth-order valence-electron chi connectivity index (χ4n) is 2.11. The number of hydrogen-bond donors (Lipinski definition) is 3. The van der Waals surface area contributed by atoms with Crippen molar-refractivity contribution in [1.29, 1.82) is 0 Å². The van der Waals surface area contributed by atoms with Gasteiger partial charge >= 0.3 is 0 Å². The molecule has 2 aromatic rings. The molecule has 0 aromatic heterocycles. The van der Waals surface area contributed by atoms with Crippen molar-refractivity contribution in [2.75, 3.05) is 12.3 Å². The topological polar surface area (TPSA) is 92.4 Å². The molecule has 0 spiro atoms. The minimum absolute atomic E-state index is 0.0515. The van der Waals surface area contributed by atoms with Crippen LogP contribution in [0.1, 0.15) is 12.5 Å². The minimum Gasteiger partial charge on any atom is -0.398 e. The van der Waals surface area contributed by atoms with Crippen LogP contribution >= 0.6 is 0 Å². The van der Waals surface area contributed by atoms with Crippen LogP contribution < -0.4 is 11.1 Å². The molecule has 2 aromatic carbocycles. The summed E-state index contributed by atoms with van der Waals surface area (Å²) in [6, 6.07) is 8.58. The molecule has 0 saturated carbocycles. The number of fused-ring (bicyclic) bond motifs is 1. The Hall–Kier alpha value is -1.63. The van der Waals surface area contributed by atoms with Gasteiger partial charge in [-0.15, -0.1) is 0 Å². The number of nitrogen functional groups attached to an aromatic ring is 1. The summed E-state index contributed by atoms with van der Waals surface area (Å²) in [6.07, 6.45) is 0. The van der Waals surface area contributed by atoms with Gasteiger partial charge in [0.2, 0.25) is 0 Å². The van der Waals surface area contributed by atoms with E-state index in [2.05, 4.69) is 5.32 Å². The van der Waals surface area contributed by atoms with Crippen LogP contribution in [0.25, 0.3) is 10.8 Å². The Kier molecular flexibility index (Phi) is 3.75. The summed E-state index contributed by atoms with van der Waals surface area (Å²) in [5.41, 5.74) is 6.68. The second-order valence-electron chi connectivity index (χ2n) is 4.25. The Morgan fingerprint density at radius 1 is 1.21 bits per heavy atom. The molecule has 0 bridgehead atoms. The first-order valence-electron chi connectivity index (χ1n) is 5.93. The molecule has 2 rings (SSSR count). The molecule has 0 aliphatic carbocycles. The Balaban J connectivity index is 2.74. The third kappa shape index (κ3) is 2.70. The zero-order valence-electron chi connectivity index (χ0n) is 10.6. The number of nitrogens with two attached hydrogens (primary N) is 1. The van der Waals surface area contributed by atoms with Crippen LogP contribution in [0, 0.1) is 0 Å². The number of nitrogens with one attached hydrogen (secondary N) is 1. The molecule has 0 aliphatic rings. The summed E-state index contributed by atoms with van der Waals surface area (Å²) in [6.45, 7) is 3.44. The molecule has 0 atom stereocenters. The third-order valence-corrected chi connectivity index (χ3v) is 3.93. The van der Waals surface area contributed by atoms with Crippen molar-refractivity contribution < 1.29 is 13.0 Å². The van der Waals surface area contributed by atoms with Gasteiger partial charge < -0.3 is 11.1 Å². The van der Waals surface area contributed by atoms with Crippen molar-refractivity contribution in [3.8, 4) is 0 Å². The lowest BCUT2D eigenvalue weighted by Crippen LogP contribution is -2.12. The number of anilines is 1. The molecule has 5 nitrogen and oxygen atoms in total. The summed E-state index contributed by atoms with van der Waals surface area (Å²) in [4.78, 5) is -0.219. The zero-order valence-corrected chi connectivity index (χ0v) is 11.4. The Morgan fingerprint density at radius 3 is 2.58 bits per heavy atom. The molecule has 0 aliphatic heterocycles. The lowest BCUT2D eigenvalue weighted by Gasteiger charge is -2.11. The maximum atomic E-state index is 11.5. The first-order chi connectivity index (χ1) is 8.95. The first-order valence-corrected chi connectivity index (χ1v) is 7.37. The fourth-order valence-corrected chi connectivity index (χ4v) is 2.94. The number of benzene rings is 2. The second-order valence-corrected chi connectivity index (χ2v) is 5.61. The van der Waals surface area contributed by atoms with E-state index < -0.39 is 10.1 Å². The Labute approximate surface area is 112 Å². The van der Waals surface area contributed by atoms with E-state index in [0.717, 1.165) is 17.5 Å².